The maximum atomic E-state index is 12.5. The molecule has 1 aliphatic rings. The molecule has 1 N–H and O–H groups in total. The zero-order chi connectivity index (χ0) is 18.4. The third-order valence-electron chi connectivity index (χ3n) is 3.99. The maximum absolute atomic E-state index is 12.5. The highest BCUT2D eigenvalue weighted by molar-refractivity contribution is 5.92. The summed E-state index contributed by atoms with van der Waals surface area (Å²) in [4.78, 5) is 25.7. The Labute approximate surface area is 144 Å². The quantitative estimate of drug-likeness (QED) is 0.823. The summed E-state index contributed by atoms with van der Waals surface area (Å²) >= 11 is 0. The molecule has 1 aromatic carbocycles. The van der Waals surface area contributed by atoms with E-state index in [4.69, 9.17) is 4.74 Å². The Kier molecular flexibility index (Phi) is 6.41. The van der Waals surface area contributed by atoms with Crippen molar-refractivity contribution in [1.29, 1.82) is 0 Å². The lowest BCUT2D eigenvalue weighted by atomic mass is 9.98. The molecule has 1 fully saturated rings. The number of benzene rings is 1. The molecule has 138 valence electrons. The summed E-state index contributed by atoms with van der Waals surface area (Å²) < 4.78 is 42.6. The number of esters is 1. The van der Waals surface area contributed by atoms with E-state index < -0.39 is 11.7 Å². The third-order valence-corrected chi connectivity index (χ3v) is 3.99. The van der Waals surface area contributed by atoms with Gasteiger partial charge in [0.2, 0.25) is 5.91 Å². The van der Waals surface area contributed by atoms with Gasteiger partial charge in [-0.2, -0.15) is 13.2 Å². The fraction of sp³-hybridized carbons (Fsp3) is 0.529. The molecule has 1 heterocycles. The van der Waals surface area contributed by atoms with Crippen LogP contribution in [0, 0.1) is 5.92 Å². The lowest BCUT2D eigenvalue weighted by Gasteiger charge is -2.30. The fourth-order valence-corrected chi connectivity index (χ4v) is 2.80. The van der Waals surface area contributed by atoms with E-state index in [0.717, 1.165) is 25.0 Å². The van der Waals surface area contributed by atoms with Crippen molar-refractivity contribution in [3.05, 3.63) is 29.8 Å². The van der Waals surface area contributed by atoms with Crippen LogP contribution in [-0.4, -0.2) is 43.0 Å². The van der Waals surface area contributed by atoms with Gasteiger partial charge < -0.3 is 10.1 Å². The monoisotopic (exact) mass is 358 g/mol. The summed E-state index contributed by atoms with van der Waals surface area (Å²) in [6.07, 6.45) is -2.88. The predicted molar refractivity (Wildman–Crippen MR) is 85.9 cm³/mol. The Balaban J connectivity index is 1.86. The topological polar surface area (TPSA) is 58.6 Å². The van der Waals surface area contributed by atoms with Gasteiger partial charge in [-0.05, 0) is 50.6 Å². The van der Waals surface area contributed by atoms with Gasteiger partial charge in [-0.25, -0.2) is 0 Å². The van der Waals surface area contributed by atoms with Crippen molar-refractivity contribution in [2.24, 2.45) is 5.92 Å². The molecule has 0 saturated carbocycles. The average Bonchev–Trinajstić information content (AvgIpc) is 2.55. The normalized spacial score (nSPS) is 18.6. The Morgan fingerprint density at radius 3 is 2.56 bits per heavy atom. The van der Waals surface area contributed by atoms with E-state index in [1.807, 2.05) is 4.90 Å². The van der Waals surface area contributed by atoms with Crippen LogP contribution < -0.4 is 5.32 Å². The van der Waals surface area contributed by atoms with Crippen LogP contribution >= 0.6 is 0 Å². The van der Waals surface area contributed by atoms with E-state index >= 15 is 0 Å². The van der Waals surface area contributed by atoms with Crippen molar-refractivity contribution >= 4 is 17.6 Å². The van der Waals surface area contributed by atoms with E-state index in [1.165, 1.54) is 12.1 Å². The van der Waals surface area contributed by atoms with Crippen LogP contribution in [0.4, 0.5) is 18.9 Å². The summed E-state index contributed by atoms with van der Waals surface area (Å²) in [5.41, 5.74) is -0.462. The molecular weight excluding hydrogens is 337 g/mol. The highest BCUT2D eigenvalue weighted by Crippen LogP contribution is 2.29. The van der Waals surface area contributed by atoms with E-state index in [1.54, 1.807) is 6.92 Å². The molecule has 2 rings (SSSR count). The number of hydrogen-bond acceptors (Lipinski definition) is 4. The lowest BCUT2D eigenvalue weighted by molar-refractivity contribution is -0.150. The van der Waals surface area contributed by atoms with E-state index in [9.17, 15) is 22.8 Å². The van der Waals surface area contributed by atoms with Crippen LogP contribution in [0.3, 0.4) is 0 Å². The SMILES string of the molecule is CCOC(=O)[C@H]1CCCN(CC(=O)Nc2ccc(C(F)(F)F)cc2)C1. The van der Waals surface area contributed by atoms with Crippen molar-refractivity contribution in [2.75, 3.05) is 31.6 Å². The number of rotatable bonds is 5. The van der Waals surface area contributed by atoms with Gasteiger partial charge in [0.05, 0.1) is 24.6 Å². The zero-order valence-electron chi connectivity index (χ0n) is 13.9. The van der Waals surface area contributed by atoms with Crippen LogP contribution in [0.2, 0.25) is 0 Å². The molecule has 5 nitrogen and oxygen atoms in total. The fourth-order valence-electron chi connectivity index (χ4n) is 2.80. The third kappa shape index (κ3) is 5.74. The number of halogens is 3. The molecule has 1 aliphatic heterocycles. The molecule has 8 heteroatoms. The van der Waals surface area contributed by atoms with Gasteiger partial charge in [-0.15, -0.1) is 0 Å². The highest BCUT2D eigenvalue weighted by atomic mass is 19.4. The van der Waals surface area contributed by atoms with Crippen LogP contribution in [0.1, 0.15) is 25.3 Å². The molecule has 1 aromatic rings. The molecular formula is C17H21F3N2O3. The average molecular weight is 358 g/mol. The van der Waals surface area contributed by atoms with E-state index in [0.29, 0.717) is 25.4 Å². The minimum atomic E-state index is -4.40. The summed E-state index contributed by atoms with van der Waals surface area (Å²) in [5.74, 6) is -0.827. The van der Waals surface area contributed by atoms with Gasteiger partial charge in [0.15, 0.2) is 0 Å². The number of carbonyl (C=O) groups is 2. The van der Waals surface area contributed by atoms with Crippen molar-refractivity contribution < 1.29 is 27.5 Å². The number of carbonyl (C=O) groups excluding carboxylic acids is 2. The number of amides is 1. The lowest BCUT2D eigenvalue weighted by Crippen LogP contribution is -2.43. The number of piperidine rings is 1. The summed E-state index contributed by atoms with van der Waals surface area (Å²) in [5, 5.41) is 2.57. The molecule has 0 radical (unpaired) electrons. The van der Waals surface area contributed by atoms with E-state index in [-0.39, 0.29) is 24.3 Å². The molecule has 0 aliphatic carbocycles. The number of likely N-dealkylation sites (tertiary alicyclic amines) is 1. The molecule has 0 unspecified atom stereocenters. The molecule has 0 bridgehead atoms. The predicted octanol–water partition coefficient (Wildman–Crippen LogP) is 2.92. The Hall–Kier alpha value is -2.09. The van der Waals surface area contributed by atoms with Crippen LogP contribution in [0.5, 0.6) is 0 Å². The largest absolute Gasteiger partial charge is 0.466 e. The van der Waals surface area contributed by atoms with Crippen molar-refractivity contribution in [3.8, 4) is 0 Å². The number of nitrogens with zero attached hydrogens (tertiary/aromatic N) is 1. The molecule has 1 amide bonds. The Morgan fingerprint density at radius 2 is 1.96 bits per heavy atom. The van der Waals surface area contributed by atoms with Gasteiger partial charge in [0.1, 0.15) is 0 Å². The Morgan fingerprint density at radius 1 is 1.28 bits per heavy atom. The highest BCUT2D eigenvalue weighted by Gasteiger charge is 2.30. The standard InChI is InChI=1S/C17H21F3N2O3/c1-2-25-16(24)12-4-3-9-22(10-12)11-15(23)21-14-7-5-13(6-8-14)17(18,19)20/h5-8,12H,2-4,9-11H2,1H3,(H,21,23)/t12-/m0/s1. The first kappa shape index (κ1) is 19.2. The van der Waals surface area contributed by atoms with Gasteiger partial charge in [-0.1, -0.05) is 0 Å². The summed E-state index contributed by atoms with van der Waals surface area (Å²) in [6, 6.07) is 4.29. The molecule has 1 saturated heterocycles. The Bertz CT molecular complexity index is 602. The number of nitrogens with one attached hydrogen (secondary N) is 1. The minimum Gasteiger partial charge on any atom is -0.466 e. The number of alkyl halides is 3. The number of anilines is 1. The van der Waals surface area contributed by atoms with Gasteiger partial charge in [0, 0.05) is 12.2 Å². The first-order valence-electron chi connectivity index (χ1n) is 8.15. The van der Waals surface area contributed by atoms with Gasteiger partial charge >= 0.3 is 12.1 Å². The summed E-state index contributed by atoms with van der Waals surface area (Å²) in [6.45, 7) is 3.28. The van der Waals surface area contributed by atoms with E-state index in [2.05, 4.69) is 5.32 Å². The van der Waals surface area contributed by atoms with Gasteiger partial charge in [-0.3, -0.25) is 14.5 Å². The first-order chi connectivity index (χ1) is 11.8. The van der Waals surface area contributed by atoms with Crippen molar-refractivity contribution in [3.63, 3.8) is 0 Å². The molecule has 0 aromatic heterocycles. The maximum Gasteiger partial charge on any atom is 0.416 e. The molecule has 1 atom stereocenters. The molecule has 25 heavy (non-hydrogen) atoms. The second kappa shape index (κ2) is 8.33. The van der Waals surface area contributed by atoms with Crippen LogP contribution in [0.25, 0.3) is 0 Å². The second-order valence-corrected chi connectivity index (χ2v) is 5.95. The van der Waals surface area contributed by atoms with Gasteiger partial charge in [0.25, 0.3) is 0 Å². The second-order valence-electron chi connectivity index (χ2n) is 5.95. The number of ether oxygens (including phenoxy) is 1. The molecule has 0 spiro atoms. The number of hydrogen-bond donors (Lipinski definition) is 1. The van der Waals surface area contributed by atoms with Crippen molar-refractivity contribution in [1.82, 2.24) is 4.90 Å². The first-order valence-corrected chi connectivity index (χ1v) is 8.15. The smallest absolute Gasteiger partial charge is 0.416 e. The summed E-state index contributed by atoms with van der Waals surface area (Å²) in [7, 11) is 0. The van der Waals surface area contributed by atoms with Crippen LogP contribution in [0.15, 0.2) is 24.3 Å². The van der Waals surface area contributed by atoms with Crippen molar-refractivity contribution in [2.45, 2.75) is 25.9 Å². The van der Waals surface area contributed by atoms with Crippen LogP contribution in [-0.2, 0) is 20.5 Å². The zero-order valence-corrected chi connectivity index (χ0v) is 13.9. The minimum absolute atomic E-state index is 0.0803.